The van der Waals surface area contributed by atoms with Gasteiger partial charge in [0.05, 0.1) is 32.7 Å². The van der Waals surface area contributed by atoms with Crippen molar-refractivity contribution in [3.05, 3.63) is 29.3 Å². The number of carboxylic acids is 1. The van der Waals surface area contributed by atoms with E-state index in [0.717, 1.165) is 0 Å². The molecule has 0 aromatic heterocycles. The summed E-state index contributed by atoms with van der Waals surface area (Å²) in [7, 11) is 1.38. The van der Waals surface area contributed by atoms with E-state index in [1.54, 1.807) is 6.92 Å². The third-order valence-corrected chi connectivity index (χ3v) is 3.04. The first-order valence-corrected chi connectivity index (χ1v) is 6.79. The first-order chi connectivity index (χ1) is 10.4. The van der Waals surface area contributed by atoms with Crippen LogP contribution in [0.2, 0.25) is 0 Å². The van der Waals surface area contributed by atoms with Crippen molar-refractivity contribution in [1.29, 1.82) is 0 Å². The topological polar surface area (TPSA) is 113 Å². The summed E-state index contributed by atoms with van der Waals surface area (Å²) in [5, 5.41) is 28.7. The van der Waals surface area contributed by atoms with E-state index in [1.807, 2.05) is 0 Å². The van der Waals surface area contributed by atoms with E-state index in [-0.39, 0.29) is 19.4 Å². The highest BCUT2D eigenvalue weighted by molar-refractivity contribution is 5.71. The van der Waals surface area contributed by atoms with Gasteiger partial charge in [0.25, 0.3) is 0 Å². The van der Waals surface area contributed by atoms with E-state index < -0.39 is 24.1 Å². The molecule has 7 nitrogen and oxygen atoms in total. The molecular weight excluding hydrogens is 292 g/mol. The molecule has 0 saturated heterocycles. The van der Waals surface area contributed by atoms with Crippen molar-refractivity contribution in [2.75, 3.05) is 13.7 Å². The molecule has 22 heavy (non-hydrogen) atoms. The maximum Gasteiger partial charge on any atom is 0.308 e. The van der Waals surface area contributed by atoms with Crippen molar-refractivity contribution in [2.24, 2.45) is 0 Å². The van der Waals surface area contributed by atoms with Crippen molar-refractivity contribution in [3.63, 3.8) is 0 Å². The van der Waals surface area contributed by atoms with Gasteiger partial charge >= 0.3 is 11.9 Å². The molecule has 2 unspecified atom stereocenters. The highest BCUT2D eigenvalue weighted by Gasteiger charge is 2.23. The summed E-state index contributed by atoms with van der Waals surface area (Å²) in [6.07, 6.45) is -3.19. The zero-order valence-corrected chi connectivity index (χ0v) is 12.5. The molecule has 0 spiro atoms. The lowest BCUT2D eigenvalue weighted by molar-refractivity contribution is -0.147. The zero-order valence-electron chi connectivity index (χ0n) is 12.5. The number of rotatable bonds is 8. The number of carboxylic acid groups (broad SMARTS) is 1. The molecule has 1 rings (SSSR count). The van der Waals surface area contributed by atoms with Gasteiger partial charge in [0, 0.05) is 5.56 Å². The quantitative estimate of drug-likeness (QED) is 0.605. The maximum absolute atomic E-state index is 11.3. The molecular formula is C15H20O7. The average molecular weight is 312 g/mol. The molecule has 0 bridgehead atoms. The van der Waals surface area contributed by atoms with Gasteiger partial charge in [-0.15, -0.1) is 0 Å². The average Bonchev–Trinajstić information content (AvgIpc) is 2.46. The van der Waals surface area contributed by atoms with Crippen LogP contribution in [0.4, 0.5) is 0 Å². The number of benzene rings is 1. The fourth-order valence-corrected chi connectivity index (χ4v) is 1.98. The van der Waals surface area contributed by atoms with Gasteiger partial charge in [0.1, 0.15) is 11.9 Å². The van der Waals surface area contributed by atoms with Crippen LogP contribution in [0.1, 0.15) is 30.6 Å². The van der Waals surface area contributed by atoms with E-state index in [1.165, 1.54) is 25.3 Å². The van der Waals surface area contributed by atoms with Crippen molar-refractivity contribution in [1.82, 2.24) is 0 Å². The van der Waals surface area contributed by atoms with E-state index in [2.05, 4.69) is 0 Å². The monoisotopic (exact) mass is 312 g/mol. The normalized spacial score (nSPS) is 13.3. The molecule has 0 radical (unpaired) electrons. The van der Waals surface area contributed by atoms with E-state index in [9.17, 15) is 19.8 Å². The van der Waals surface area contributed by atoms with Gasteiger partial charge in [-0.1, -0.05) is 12.1 Å². The summed E-state index contributed by atoms with van der Waals surface area (Å²) in [5.74, 6) is -1.32. The van der Waals surface area contributed by atoms with Crippen LogP contribution in [-0.2, 0) is 20.7 Å². The molecule has 0 aliphatic heterocycles. The smallest absolute Gasteiger partial charge is 0.308 e. The van der Waals surface area contributed by atoms with Crippen molar-refractivity contribution < 1.29 is 34.4 Å². The molecule has 1 aromatic carbocycles. The molecule has 1 aromatic rings. The first kappa shape index (κ1) is 17.9. The fourth-order valence-electron chi connectivity index (χ4n) is 1.98. The second kappa shape index (κ2) is 8.35. The van der Waals surface area contributed by atoms with Gasteiger partial charge < -0.3 is 24.8 Å². The number of aliphatic hydroxyl groups is 2. The SMILES string of the molecule is CCOC(=O)CC(O)C(O)c1ccc(CC(=O)O)c(OC)c1. The number of methoxy groups -OCH3 is 1. The van der Waals surface area contributed by atoms with Crippen LogP contribution in [0.25, 0.3) is 0 Å². The molecule has 0 fully saturated rings. The Bertz CT molecular complexity index is 527. The highest BCUT2D eigenvalue weighted by Crippen LogP contribution is 2.27. The molecule has 122 valence electrons. The van der Waals surface area contributed by atoms with Gasteiger partial charge in [-0.3, -0.25) is 9.59 Å². The molecule has 0 aliphatic carbocycles. The van der Waals surface area contributed by atoms with Crippen LogP contribution in [0.3, 0.4) is 0 Å². The fraction of sp³-hybridized carbons (Fsp3) is 0.467. The minimum atomic E-state index is -1.32. The Hall–Kier alpha value is -2.12. The number of carbonyl (C=O) groups excluding carboxylic acids is 1. The lowest BCUT2D eigenvalue weighted by Crippen LogP contribution is -2.23. The summed E-state index contributed by atoms with van der Waals surface area (Å²) in [6, 6.07) is 4.43. The van der Waals surface area contributed by atoms with Crippen LogP contribution in [0.15, 0.2) is 18.2 Å². The van der Waals surface area contributed by atoms with Gasteiger partial charge in [-0.05, 0) is 18.6 Å². The lowest BCUT2D eigenvalue weighted by atomic mass is 9.99. The number of carbonyl (C=O) groups is 2. The Morgan fingerprint density at radius 3 is 2.50 bits per heavy atom. The Morgan fingerprint density at radius 2 is 1.95 bits per heavy atom. The molecule has 0 amide bonds. The van der Waals surface area contributed by atoms with Crippen LogP contribution in [-0.4, -0.2) is 47.1 Å². The maximum atomic E-state index is 11.3. The summed E-state index contributed by atoms with van der Waals surface area (Å²) >= 11 is 0. The van der Waals surface area contributed by atoms with Gasteiger partial charge in [0.15, 0.2) is 0 Å². The van der Waals surface area contributed by atoms with E-state index in [0.29, 0.717) is 16.9 Å². The number of hydrogen-bond donors (Lipinski definition) is 3. The second-order valence-electron chi connectivity index (χ2n) is 4.66. The summed E-state index contributed by atoms with van der Waals surface area (Å²) in [6.45, 7) is 1.84. The molecule has 0 aliphatic rings. The van der Waals surface area contributed by atoms with Crippen LogP contribution in [0, 0.1) is 0 Å². The Morgan fingerprint density at radius 1 is 1.27 bits per heavy atom. The number of aliphatic hydroxyl groups excluding tert-OH is 2. The van der Waals surface area contributed by atoms with Gasteiger partial charge in [-0.2, -0.15) is 0 Å². The minimum absolute atomic E-state index is 0.194. The van der Waals surface area contributed by atoms with E-state index in [4.69, 9.17) is 14.6 Å². The summed E-state index contributed by atoms with van der Waals surface area (Å²) in [5.41, 5.74) is 0.772. The predicted octanol–water partition coefficient (Wildman–Crippen LogP) is 0.670. The summed E-state index contributed by atoms with van der Waals surface area (Å²) < 4.78 is 9.80. The van der Waals surface area contributed by atoms with Crippen molar-refractivity contribution in [2.45, 2.75) is 32.0 Å². The Labute approximate surface area is 128 Å². The number of hydrogen-bond acceptors (Lipinski definition) is 6. The molecule has 3 N–H and O–H groups in total. The van der Waals surface area contributed by atoms with Crippen molar-refractivity contribution in [3.8, 4) is 5.75 Å². The molecule has 0 heterocycles. The lowest BCUT2D eigenvalue weighted by Gasteiger charge is -2.19. The molecule has 0 saturated carbocycles. The van der Waals surface area contributed by atoms with Crippen LogP contribution in [0.5, 0.6) is 5.75 Å². The van der Waals surface area contributed by atoms with E-state index >= 15 is 0 Å². The van der Waals surface area contributed by atoms with Crippen molar-refractivity contribution >= 4 is 11.9 Å². The minimum Gasteiger partial charge on any atom is -0.496 e. The zero-order chi connectivity index (χ0) is 16.7. The van der Waals surface area contributed by atoms with Crippen LogP contribution < -0.4 is 4.74 Å². The number of ether oxygens (including phenoxy) is 2. The van der Waals surface area contributed by atoms with Gasteiger partial charge in [0.2, 0.25) is 0 Å². The highest BCUT2D eigenvalue weighted by atomic mass is 16.5. The largest absolute Gasteiger partial charge is 0.496 e. The third-order valence-electron chi connectivity index (χ3n) is 3.04. The third kappa shape index (κ3) is 5.01. The Balaban J connectivity index is 2.87. The molecule has 7 heteroatoms. The van der Waals surface area contributed by atoms with Gasteiger partial charge in [-0.25, -0.2) is 0 Å². The number of esters is 1. The molecule has 2 atom stereocenters. The predicted molar refractivity (Wildman–Crippen MR) is 76.6 cm³/mol. The first-order valence-electron chi connectivity index (χ1n) is 6.79. The van der Waals surface area contributed by atoms with Crippen LogP contribution >= 0.6 is 0 Å². The standard InChI is InChI=1S/C15H20O7/c1-3-22-14(19)8-11(16)15(20)10-5-4-9(7-13(17)18)12(6-10)21-2/h4-6,11,15-16,20H,3,7-8H2,1-2H3,(H,17,18). The summed E-state index contributed by atoms with van der Waals surface area (Å²) in [4.78, 5) is 22.1. The Kier molecular flexibility index (Phi) is 6.81. The number of aliphatic carboxylic acids is 1. The second-order valence-corrected chi connectivity index (χ2v) is 4.66.